The predicted molar refractivity (Wildman–Crippen MR) is 185 cm³/mol. The molecule has 0 bridgehead atoms. The van der Waals surface area contributed by atoms with E-state index in [1.807, 2.05) is 37.3 Å². The Kier molecular flexibility index (Phi) is 11.5. The van der Waals surface area contributed by atoms with Crippen molar-refractivity contribution >= 4 is 41.2 Å². The highest BCUT2D eigenvalue weighted by molar-refractivity contribution is 6.02. The highest BCUT2D eigenvalue weighted by Gasteiger charge is 2.24. The fourth-order valence-electron chi connectivity index (χ4n) is 4.96. The van der Waals surface area contributed by atoms with Gasteiger partial charge in [0.2, 0.25) is 5.91 Å². The van der Waals surface area contributed by atoms with Crippen LogP contribution in [0, 0.1) is 11.7 Å². The molecule has 3 aromatic rings. The number of carbonyl (C=O) groups is 3. The number of hydrogen-bond acceptors (Lipinski definition) is 6. The van der Waals surface area contributed by atoms with Crippen LogP contribution in [0.4, 0.5) is 14.9 Å². The lowest BCUT2D eigenvalue weighted by atomic mass is 9.93. The van der Waals surface area contributed by atoms with Crippen molar-refractivity contribution in [2.75, 3.05) is 5.32 Å². The minimum Gasteiger partial charge on any atom is -0.480 e. The summed E-state index contributed by atoms with van der Waals surface area (Å²) >= 11 is 0. The van der Waals surface area contributed by atoms with Gasteiger partial charge in [0.15, 0.2) is 5.76 Å². The van der Waals surface area contributed by atoms with Gasteiger partial charge in [-0.1, -0.05) is 56.3 Å². The van der Waals surface area contributed by atoms with Crippen molar-refractivity contribution in [3.8, 4) is 0 Å². The van der Waals surface area contributed by atoms with Gasteiger partial charge in [-0.3, -0.25) is 10.1 Å². The van der Waals surface area contributed by atoms with Crippen LogP contribution in [0.2, 0.25) is 0 Å². The molecule has 2 amide bonds. The lowest BCUT2D eigenvalue weighted by Crippen LogP contribution is -2.41. The van der Waals surface area contributed by atoms with Gasteiger partial charge in [-0.2, -0.15) is 0 Å². The van der Waals surface area contributed by atoms with E-state index in [4.69, 9.17) is 9.57 Å². The Balaban J connectivity index is 1.39. The molecule has 0 aliphatic carbocycles. The minimum absolute atomic E-state index is 0.113. The van der Waals surface area contributed by atoms with Gasteiger partial charge in [0, 0.05) is 35.2 Å². The molecular formula is C38H42FN3O6. The molecule has 9 nitrogen and oxygen atoms in total. The smallest absolute Gasteiger partial charge is 0.412 e. The molecule has 48 heavy (non-hydrogen) atoms. The second kappa shape index (κ2) is 15.6. The second-order valence-corrected chi connectivity index (χ2v) is 13.0. The summed E-state index contributed by atoms with van der Waals surface area (Å²) < 4.78 is 20.8. The van der Waals surface area contributed by atoms with Gasteiger partial charge >= 0.3 is 12.1 Å². The number of nitrogens with one attached hydrogen (secondary N) is 2. The maximum atomic E-state index is 15.5. The number of carboxylic acids is 1. The molecule has 0 aromatic heterocycles. The van der Waals surface area contributed by atoms with Gasteiger partial charge in [-0.05, 0) is 98.4 Å². The average Bonchev–Trinajstić information content (AvgIpc) is 3.20. The van der Waals surface area contributed by atoms with E-state index in [1.54, 1.807) is 63.2 Å². The van der Waals surface area contributed by atoms with Crippen LogP contribution in [-0.2, 0) is 25.6 Å². The number of amides is 2. The zero-order valence-electron chi connectivity index (χ0n) is 28.0. The zero-order chi connectivity index (χ0) is 35.0. The molecule has 1 heterocycles. The lowest BCUT2D eigenvalue weighted by molar-refractivity contribution is -0.141. The van der Waals surface area contributed by atoms with Crippen LogP contribution in [0.5, 0.6) is 0 Å². The maximum absolute atomic E-state index is 15.5. The van der Waals surface area contributed by atoms with Crippen molar-refractivity contribution in [3.63, 3.8) is 0 Å². The fourth-order valence-corrected chi connectivity index (χ4v) is 4.96. The SMILES string of the molecule is CC1CC=C(c2ccc(NC(=O)OC(C)(C)C)cc2)ON=C1c1ccc(CC(NC(=O)C=Cc2ccc(C(C)C)cc2)C(=O)O)cc1F. The van der Waals surface area contributed by atoms with E-state index >= 15 is 4.39 Å². The first kappa shape index (κ1) is 35.6. The largest absolute Gasteiger partial charge is 0.480 e. The first-order valence-electron chi connectivity index (χ1n) is 15.8. The number of carboxylic acid groups (broad SMARTS) is 1. The number of halogens is 1. The standard InChI is InChI=1S/C38H42FN3O6/c1-23(2)27-12-8-25(9-13-27)11-20-34(43)41-32(36(44)45)22-26-10-18-30(31(39)21-26)35-24(3)7-19-33(48-42-35)28-14-16-29(17-15-28)40-37(46)47-38(4,5)6/h8-21,23-24,32H,7,22H2,1-6H3,(H,40,46)(H,41,43)(H,44,45). The molecule has 0 radical (unpaired) electrons. The van der Waals surface area contributed by atoms with Crippen LogP contribution in [0.3, 0.4) is 0 Å². The van der Waals surface area contributed by atoms with E-state index in [0.29, 0.717) is 35.1 Å². The van der Waals surface area contributed by atoms with Crippen LogP contribution in [-0.4, -0.2) is 40.4 Å². The molecule has 2 unspecified atom stereocenters. The highest BCUT2D eigenvalue weighted by Crippen LogP contribution is 2.28. The molecule has 2 atom stereocenters. The fraction of sp³-hybridized carbons (Fsp3) is 0.316. The van der Waals surface area contributed by atoms with E-state index in [9.17, 15) is 19.5 Å². The third kappa shape index (κ3) is 10.1. The summed E-state index contributed by atoms with van der Waals surface area (Å²) in [6.07, 6.45) is 4.62. The molecule has 1 aliphatic rings. The van der Waals surface area contributed by atoms with E-state index < -0.39 is 35.4 Å². The van der Waals surface area contributed by atoms with Gasteiger partial charge in [0.05, 0.1) is 5.71 Å². The summed E-state index contributed by atoms with van der Waals surface area (Å²) in [5.74, 6) is -1.69. The molecular weight excluding hydrogens is 613 g/mol. The molecule has 10 heteroatoms. The quantitative estimate of drug-likeness (QED) is 0.191. The first-order valence-corrected chi connectivity index (χ1v) is 15.8. The molecule has 252 valence electrons. The monoisotopic (exact) mass is 655 g/mol. The number of carbonyl (C=O) groups excluding carboxylic acids is 2. The molecule has 3 N–H and O–H groups in total. The predicted octanol–water partition coefficient (Wildman–Crippen LogP) is 7.92. The number of benzene rings is 3. The van der Waals surface area contributed by atoms with Gasteiger partial charge < -0.3 is 20.0 Å². The molecule has 3 aromatic carbocycles. The third-order valence-electron chi connectivity index (χ3n) is 7.57. The normalized spacial score (nSPS) is 15.5. The summed E-state index contributed by atoms with van der Waals surface area (Å²) in [6.45, 7) is 11.4. The van der Waals surface area contributed by atoms with Crippen molar-refractivity contribution in [2.24, 2.45) is 11.1 Å². The Morgan fingerprint density at radius 1 is 1.06 bits per heavy atom. The highest BCUT2D eigenvalue weighted by atomic mass is 19.1. The van der Waals surface area contributed by atoms with Crippen LogP contribution in [0.1, 0.15) is 81.7 Å². The van der Waals surface area contributed by atoms with E-state index in [1.165, 1.54) is 17.7 Å². The van der Waals surface area contributed by atoms with Crippen LogP contribution < -0.4 is 10.6 Å². The van der Waals surface area contributed by atoms with E-state index in [0.717, 1.165) is 11.1 Å². The summed E-state index contributed by atoms with van der Waals surface area (Å²) in [5.41, 5.74) is 3.68. The molecule has 0 saturated carbocycles. The van der Waals surface area contributed by atoms with Crippen molar-refractivity contribution in [3.05, 3.63) is 113 Å². The van der Waals surface area contributed by atoms with Gasteiger partial charge in [0.1, 0.15) is 17.5 Å². The summed E-state index contributed by atoms with van der Waals surface area (Å²) in [4.78, 5) is 42.3. The number of rotatable bonds is 10. The molecule has 1 aliphatic heterocycles. The number of oxime groups is 1. The van der Waals surface area contributed by atoms with Crippen molar-refractivity contribution in [2.45, 2.75) is 71.9 Å². The molecule has 0 saturated heterocycles. The number of anilines is 1. The van der Waals surface area contributed by atoms with Gasteiger partial charge in [0.25, 0.3) is 0 Å². The van der Waals surface area contributed by atoms with Crippen molar-refractivity contribution < 1.29 is 33.5 Å². The lowest BCUT2D eigenvalue weighted by Gasteiger charge is -2.19. The average molecular weight is 656 g/mol. The second-order valence-electron chi connectivity index (χ2n) is 13.0. The van der Waals surface area contributed by atoms with E-state index in [-0.39, 0.29) is 17.9 Å². The molecule has 4 rings (SSSR count). The zero-order valence-corrected chi connectivity index (χ0v) is 28.0. The Labute approximate surface area is 280 Å². The maximum Gasteiger partial charge on any atom is 0.412 e. The molecule has 0 fully saturated rings. The van der Waals surface area contributed by atoms with Gasteiger partial charge in [-0.15, -0.1) is 0 Å². The topological polar surface area (TPSA) is 126 Å². The summed E-state index contributed by atoms with van der Waals surface area (Å²) in [7, 11) is 0. The Morgan fingerprint density at radius 3 is 2.35 bits per heavy atom. The number of ether oxygens (including phenoxy) is 1. The van der Waals surface area contributed by atoms with Crippen LogP contribution in [0.15, 0.2) is 84.0 Å². The Morgan fingerprint density at radius 2 is 1.75 bits per heavy atom. The minimum atomic E-state index is -1.26. The first-order chi connectivity index (χ1) is 22.7. The number of nitrogens with zero attached hydrogens (tertiary/aromatic N) is 1. The number of hydrogen-bond donors (Lipinski definition) is 3. The molecule has 0 spiro atoms. The van der Waals surface area contributed by atoms with E-state index in [2.05, 4.69) is 29.6 Å². The number of aliphatic carboxylic acids is 1. The summed E-state index contributed by atoms with van der Waals surface area (Å²) in [5, 5.41) is 19.2. The summed E-state index contributed by atoms with van der Waals surface area (Å²) in [6, 6.07) is 17.9. The van der Waals surface area contributed by atoms with Crippen LogP contribution >= 0.6 is 0 Å². The third-order valence-corrected chi connectivity index (χ3v) is 7.57. The Hall–Kier alpha value is -5.25. The van der Waals surface area contributed by atoms with Crippen molar-refractivity contribution in [1.82, 2.24) is 5.32 Å². The van der Waals surface area contributed by atoms with Crippen molar-refractivity contribution in [1.29, 1.82) is 0 Å². The van der Waals surface area contributed by atoms with Gasteiger partial charge in [-0.25, -0.2) is 14.0 Å². The van der Waals surface area contributed by atoms with Crippen LogP contribution in [0.25, 0.3) is 11.8 Å². The Bertz CT molecular complexity index is 1720. The number of allylic oxidation sites excluding steroid dienone is 1.